The van der Waals surface area contributed by atoms with Crippen molar-refractivity contribution in [1.29, 1.82) is 0 Å². The van der Waals surface area contributed by atoms with Crippen LogP contribution in [0.2, 0.25) is 0 Å². The van der Waals surface area contributed by atoms with E-state index < -0.39 is 0 Å². The number of hydrogen-bond donors (Lipinski definition) is 2. The van der Waals surface area contributed by atoms with Crippen molar-refractivity contribution < 1.29 is 9.59 Å². The number of nitrogens with one attached hydrogen (secondary N) is 1. The van der Waals surface area contributed by atoms with Gasteiger partial charge >= 0.3 is 0 Å². The number of rotatable bonds is 4. The molecule has 0 bridgehead atoms. The van der Waals surface area contributed by atoms with Crippen LogP contribution in [0.15, 0.2) is 0 Å². The highest BCUT2D eigenvalue weighted by Gasteiger charge is 2.42. The van der Waals surface area contributed by atoms with Crippen molar-refractivity contribution in [3.8, 4) is 0 Å². The van der Waals surface area contributed by atoms with Gasteiger partial charge in [-0.3, -0.25) is 9.59 Å². The normalized spacial score (nSPS) is 22.2. The summed E-state index contributed by atoms with van der Waals surface area (Å²) in [6, 6.07) is 0. The highest BCUT2D eigenvalue weighted by atomic mass is 16.2. The first-order valence-corrected chi connectivity index (χ1v) is 6.94. The number of piperidine rings is 1. The van der Waals surface area contributed by atoms with Crippen LogP contribution in [-0.2, 0) is 9.59 Å². The Morgan fingerprint density at radius 1 is 1.11 bits per heavy atom. The van der Waals surface area contributed by atoms with E-state index in [4.69, 9.17) is 5.73 Å². The van der Waals surface area contributed by atoms with Gasteiger partial charge in [-0.05, 0) is 32.1 Å². The van der Waals surface area contributed by atoms with Crippen molar-refractivity contribution in [3.63, 3.8) is 0 Å². The number of carbonyl (C=O) groups excluding carboxylic acids is 2. The van der Waals surface area contributed by atoms with E-state index in [2.05, 4.69) is 5.32 Å². The molecule has 2 amide bonds. The van der Waals surface area contributed by atoms with Crippen molar-refractivity contribution >= 4 is 11.8 Å². The summed E-state index contributed by atoms with van der Waals surface area (Å²) in [5.41, 5.74) is 5.28. The van der Waals surface area contributed by atoms with Crippen molar-refractivity contribution in [1.82, 2.24) is 10.2 Å². The second-order valence-corrected chi connectivity index (χ2v) is 5.46. The molecule has 1 saturated heterocycles. The zero-order valence-electron chi connectivity index (χ0n) is 10.9. The Morgan fingerprint density at radius 2 is 1.78 bits per heavy atom. The summed E-state index contributed by atoms with van der Waals surface area (Å²) in [7, 11) is 0. The summed E-state index contributed by atoms with van der Waals surface area (Å²) < 4.78 is 0. The van der Waals surface area contributed by atoms with Gasteiger partial charge in [-0.15, -0.1) is 0 Å². The molecule has 1 aliphatic heterocycles. The van der Waals surface area contributed by atoms with Crippen molar-refractivity contribution in [2.24, 2.45) is 11.1 Å². The Kier molecular flexibility index (Phi) is 4.22. The van der Waals surface area contributed by atoms with Gasteiger partial charge < -0.3 is 16.0 Å². The van der Waals surface area contributed by atoms with Crippen LogP contribution in [0.5, 0.6) is 0 Å². The second-order valence-electron chi connectivity index (χ2n) is 5.46. The van der Waals surface area contributed by atoms with E-state index in [1.807, 2.05) is 4.90 Å². The molecule has 1 heterocycles. The lowest BCUT2D eigenvalue weighted by molar-refractivity contribution is -0.139. The maximum Gasteiger partial charge on any atom is 0.241 e. The average molecular weight is 253 g/mol. The van der Waals surface area contributed by atoms with Crippen LogP contribution in [0, 0.1) is 5.41 Å². The summed E-state index contributed by atoms with van der Waals surface area (Å²) >= 11 is 0. The fourth-order valence-electron chi connectivity index (χ4n) is 2.73. The van der Waals surface area contributed by atoms with Gasteiger partial charge in [-0.25, -0.2) is 0 Å². The minimum absolute atomic E-state index is 0.0366. The van der Waals surface area contributed by atoms with Crippen LogP contribution in [0.1, 0.15) is 38.5 Å². The van der Waals surface area contributed by atoms with Gasteiger partial charge in [0.2, 0.25) is 11.8 Å². The molecule has 0 atom stereocenters. The molecule has 0 aromatic rings. The Balaban J connectivity index is 1.76. The summed E-state index contributed by atoms with van der Waals surface area (Å²) in [6.07, 6.45) is 6.12. The lowest BCUT2D eigenvalue weighted by atomic mass is 9.68. The molecule has 2 aliphatic rings. The fraction of sp³-hybridized carbons (Fsp3) is 0.846. The number of nitrogens with zero attached hydrogens (tertiary/aromatic N) is 1. The molecule has 5 nitrogen and oxygen atoms in total. The number of nitrogens with two attached hydrogens (primary N) is 1. The van der Waals surface area contributed by atoms with E-state index in [1.54, 1.807) is 0 Å². The Hall–Kier alpha value is -1.10. The predicted octanol–water partition coefficient (Wildman–Crippen LogP) is 0.244. The third-order valence-electron chi connectivity index (χ3n) is 4.29. The Morgan fingerprint density at radius 3 is 2.28 bits per heavy atom. The average Bonchev–Trinajstić information content (AvgIpc) is 2.36. The molecule has 0 aromatic carbocycles. The molecule has 18 heavy (non-hydrogen) atoms. The summed E-state index contributed by atoms with van der Waals surface area (Å²) in [5, 5.41) is 2.76. The van der Waals surface area contributed by atoms with Crippen LogP contribution >= 0.6 is 0 Å². The third kappa shape index (κ3) is 2.66. The van der Waals surface area contributed by atoms with E-state index in [1.165, 1.54) is 6.42 Å². The monoisotopic (exact) mass is 253 g/mol. The van der Waals surface area contributed by atoms with Crippen molar-refractivity contribution in [3.05, 3.63) is 0 Å². The zero-order chi connectivity index (χ0) is 13.0. The van der Waals surface area contributed by atoms with Crippen LogP contribution < -0.4 is 11.1 Å². The third-order valence-corrected chi connectivity index (χ3v) is 4.29. The molecule has 1 saturated carbocycles. The van der Waals surface area contributed by atoms with Gasteiger partial charge in [-0.2, -0.15) is 0 Å². The maximum atomic E-state index is 12.0. The van der Waals surface area contributed by atoms with E-state index in [0.29, 0.717) is 6.54 Å². The van der Waals surface area contributed by atoms with Gasteiger partial charge in [0.1, 0.15) is 0 Å². The van der Waals surface area contributed by atoms with Crippen LogP contribution in [0.4, 0.5) is 0 Å². The topological polar surface area (TPSA) is 75.4 Å². The molecule has 0 unspecified atom stereocenters. The lowest BCUT2D eigenvalue weighted by Gasteiger charge is -2.39. The first kappa shape index (κ1) is 13.3. The minimum atomic E-state index is -0.387. The maximum absolute atomic E-state index is 12.0. The Labute approximate surface area is 108 Å². The number of hydrogen-bond acceptors (Lipinski definition) is 3. The minimum Gasteiger partial charge on any atom is -0.347 e. The molecule has 0 spiro atoms. The molecule has 0 aromatic heterocycles. The van der Waals surface area contributed by atoms with Crippen LogP contribution in [0.25, 0.3) is 0 Å². The first-order valence-electron chi connectivity index (χ1n) is 6.94. The van der Waals surface area contributed by atoms with Gasteiger partial charge in [-0.1, -0.05) is 6.42 Å². The lowest BCUT2D eigenvalue weighted by Crippen LogP contribution is -2.52. The molecule has 2 rings (SSSR count). The predicted molar refractivity (Wildman–Crippen MR) is 68.8 cm³/mol. The summed E-state index contributed by atoms with van der Waals surface area (Å²) in [5.74, 6) is -0.00356. The molecular weight excluding hydrogens is 230 g/mol. The van der Waals surface area contributed by atoms with Crippen LogP contribution in [0.3, 0.4) is 0 Å². The smallest absolute Gasteiger partial charge is 0.241 e. The Bertz CT molecular complexity index is 315. The van der Waals surface area contributed by atoms with Crippen molar-refractivity contribution in [2.45, 2.75) is 38.5 Å². The molecule has 2 fully saturated rings. The van der Waals surface area contributed by atoms with Gasteiger partial charge in [0.25, 0.3) is 0 Å². The molecule has 3 N–H and O–H groups in total. The van der Waals surface area contributed by atoms with E-state index in [0.717, 1.165) is 45.2 Å². The van der Waals surface area contributed by atoms with Crippen LogP contribution in [-0.4, -0.2) is 42.9 Å². The molecule has 102 valence electrons. The van der Waals surface area contributed by atoms with Crippen molar-refractivity contribution in [2.75, 3.05) is 26.2 Å². The highest BCUT2D eigenvalue weighted by molar-refractivity contribution is 5.88. The number of amides is 2. The van der Waals surface area contributed by atoms with Gasteiger partial charge in [0, 0.05) is 19.6 Å². The second kappa shape index (κ2) is 5.69. The SMILES string of the molecule is NCC1(C(=O)NCC(=O)N2CCCCC2)CCC1. The summed E-state index contributed by atoms with van der Waals surface area (Å²) in [4.78, 5) is 25.8. The quantitative estimate of drug-likeness (QED) is 0.754. The van der Waals surface area contributed by atoms with Gasteiger partial charge in [0.05, 0.1) is 12.0 Å². The summed E-state index contributed by atoms with van der Waals surface area (Å²) in [6.45, 7) is 2.17. The standard InChI is InChI=1S/C13H23N3O2/c14-10-13(5-4-6-13)12(18)15-9-11(17)16-7-2-1-3-8-16/h1-10,14H2,(H,15,18). The molecular formula is C13H23N3O2. The molecule has 0 radical (unpaired) electrons. The zero-order valence-corrected chi connectivity index (χ0v) is 10.9. The largest absolute Gasteiger partial charge is 0.347 e. The highest BCUT2D eigenvalue weighted by Crippen LogP contribution is 2.39. The fourth-order valence-corrected chi connectivity index (χ4v) is 2.73. The molecule has 5 heteroatoms. The van der Waals surface area contributed by atoms with E-state index in [-0.39, 0.29) is 23.8 Å². The van der Waals surface area contributed by atoms with Gasteiger partial charge in [0.15, 0.2) is 0 Å². The number of carbonyl (C=O) groups is 2. The van der Waals surface area contributed by atoms with E-state index >= 15 is 0 Å². The van der Waals surface area contributed by atoms with E-state index in [9.17, 15) is 9.59 Å². The first-order chi connectivity index (χ1) is 8.68. The number of likely N-dealkylation sites (tertiary alicyclic amines) is 1. The molecule has 1 aliphatic carbocycles.